The van der Waals surface area contributed by atoms with Crippen molar-refractivity contribution < 1.29 is 58.4 Å². The van der Waals surface area contributed by atoms with Gasteiger partial charge in [0.1, 0.15) is 54.3 Å². The van der Waals surface area contributed by atoms with Gasteiger partial charge in [0.25, 0.3) is 5.91 Å². The number of carbonyl (C=O) groups excluding carboxylic acids is 7. The van der Waals surface area contributed by atoms with E-state index < -0.39 is 115 Å². The van der Waals surface area contributed by atoms with Gasteiger partial charge in [0.2, 0.25) is 29.5 Å². The minimum atomic E-state index is -1.99. The predicted octanol–water partition coefficient (Wildman–Crippen LogP) is -1.98. The first-order valence-electron chi connectivity index (χ1n) is 20.5. The predicted molar refractivity (Wildman–Crippen MR) is 225 cm³/mol. The number of benzene rings is 1. The van der Waals surface area contributed by atoms with Crippen LogP contribution in [0.3, 0.4) is 0 Å². The molecule has 2 aliphatic rings. The molecule has 0 spiro atoms. The number of cyclic esters (lactones) is 1. The lowest BCUT2D eigenvalue weighted by molar-refractivity contribution is -0.168. The molecule has 10 atom stereocenters. The fourth-order valence-electron chi connectivity index (χ4n) is 7.16. The van der Waals surface area contributed by atoms with E-state index in [1.165, 1.54) is 21.1 Å². The van der Waals surface area contributed by atoms with Crippen molar-refractivity contribution >= 4 is 59.0 Å². The molecule has 3 rings (SSSR count). The number of nitrogens with one attached hydrogen (secondary N) is 4. The summed E-state index contributed by atoms with van der Waals surface area (Å²) >= 11 is 6.44. The molecule has 1 aromatic carbocycles. The average Bonchev–Trinajstić information content (AvgIpc) is 3.22. The second-order valence-corrected chi connectivity index (χ2v) is 16.3. The minimum absolute atomic E-state index is 0.0300. The lowest BCUT2D eigenvalue weighted by Gasteiger charge is -2.44. The fraction of sp³-hybridized carbons (Fsp3) is 0.650. The summed E-state index contributed by atoms with van der Waals surface area (Å²) in [5.41, 5.74) is 11.4. The van der Waals surface area contributed by atoms with Gasteiger partial charge in [0, 0.05) is 20.0 Å². The van der Waals surface area contributed by atoms with Crippen molar-refractivity contribution in [2.75, 3.05) is 27.3 Å². The number of aliphatic imine (C=N–C) groups is 1. The van der Waals surface area contributed by atoms with Crippen LogP contribution < -0.4 is 37.5 Å². The molecule has 11 N–H and O–H groups in total. The molecule has 0 radical (unpaired) electrons. The second-order valence-electron chi connectivity index (χ2n) is 15.9. The van der Waals surface area contributed by atoms with Crippen LogP contribution in [0.15, 0.2) is 23.2 Å². The Labute approximate surface area is 365 Å². The third-order valence-electron chi connectivity index (χ3n) is 11.0. The Kier molecular flexibility index (Phi) is 19.2. The summed E-state index contributed by atoms with van der Waals surface area (Å²) < 4.78 is 11.0. The van der Waals surface area contributed by atoms with Crippen molar-refractivity contribution in [3.8, 4) is 5.75 Å². The lowest BCUT2D eigenvalue weighted by atomic mass is 9.91. The van der Waals surface area contributed by atoms with Crippen LogP contribution in [0, 0.1) is 11.8 Å². The zero-order chi connectivity index (χ0) is 46.6. The molecule has 2 saturated heterocycles. The molecule has 2 bridgehead atoms. The van der Waals surface area contributed by atoms with Crippen molar-refractivity contribution in [2.45, 2.75) is 128 Å². The van der Waals surface area contributed by atoms with Crippen LogP contribution in [-0.2, 0) is 44.7 Å². The molecular weight excluding hydrogens is 834 g/mol. The summed E-state index contributed by atoms with van der Waals surface area (Å²) in [4.78, 5) is 105. The van der Waals surface area contributed by atoms with E-state index >= 15 is 0 Å². The number of aliphatic hydroxyl groups excluding tert-OH is 3. The van der Waals surface area contributed by atoms with Crippen LogP contribution in [0.1, 0.15) is 72.3 Å². The van der Waals surface area contributed by atoms with Gasteiger partial charge in [-0.3, -0.25) is 33.8 Å². The Hall–Kier alpha value is -5.25. The molecule has 0 aromatic heterocycles. The standard InChI is InChI=1S/C40H62ClN9O12/c1-8-20(4)32-38(59)49(6)26(17-22-11-13-28(61-7)23(41)16-22)34(55)47-30(19(2)3)39(60)62-21(5)31(48-35(56)27(52)18-51)36(57)45-24(10-9-15-44-40(42)43)33(54)46-25-12-14-29(53)50(32)37(25)58/h11,13,16,19-21,24-27,29-32,51-53H,8-10,12,14-15,17-18H2,1-7H3,(H,45,57)(H,46,54)(H,47,55)(H,48,56)(H4,42,43,44)/t20-,21+,24-,25-,26-,27+,29+,30-,31-,32-/m0/s1. The Morgan fingerprint density at radius 3 is 2.31 bits per heavy atom. The smallest absolute Gasteiger partial charge is 0.329 e. The fourth-order valence-corrected chi connectivity index (χ4v) is 7.44. The highest BCUT2D eigenvalue weighted by molar-refractivity contribution is 6.32. The summed E-state index contributed by atoms with van der Waals surface area (Å²) in [7, 11) is 2.79. The molecule has 0 saturated carbocycles. The number of fused-ring (bicyclic) bond motifs is 2. The molecule has 0 aliphatic carbocycles. The van der Waals surface area contributed by atoms with Crippen LogP contribution >= 0.6 is 11.6 Å². The summed E-state index contributed by atoms with van der Waals surface area (Å²) in [6.07, 6.45) is -4.90. The van der Waals surface area contributed by atoms with Crippen molar-refractivity contribution in [1.29, 1.82) is 0 Å². The van der Waals surface area contributed by atoms with Crippen LogP contribution in [0.4, 0.5) is 0 Å². The molecule has 2 heterocycles. The Morgan fingerprint density at radius 1 is 1.05 bits per heavy atom. The monoisotopic (exact) mass is 895 g/mol. The average molecular weight is 896 g/mol. The minimum Gasteiger partial charge on any atom is -0.495 e. The number of carbonyl (C=O) groups is 7. The number of esters is 1. The number of ether oxygens (including phenoxy) is 2. The van der Waals surface area contributed by atoms with Gasteiger partial charge in [0.15, 0.2) is 12.1 Å². The van der Waals surface area contributed by atoms with Gasteiger partial charge in [-0.25, -0.2) is 4.79 Å². The van der Waals surface area contributed by atoms with Crippen LogP contribution in [0.2, 0.25) is 5.02 Å². The first kappa shape index (κ1) is 51.1. The van der Waals surface area contributed by atoms with Gasteiger partial charge >= 0.3 is 5.97 Å². The molecular formula is C40H62ClN9O12. The van der Waals surface area contributed by atoms with Crippen molar-refractivity contribution in [3.63, 3.8) is 0 Å². The maximum atomic E-state index is 14.8. The van der Waals surface area contributed by atoms with Gasteiger partial charge in [0.05, 0.1) is 18.7 Å². The van der Waals surface area contributed by atoms with Crippen LogP contribution in [-0.4, -0.2) is 154 Å². The largest absolute Gasteiger partial charge is 0.495 e. The van der Waals surface area contributed by atoms with Crippen molar-refractivity contribution in [2.24, 2.45) is 28.3 Å². The molecule has 346 valence electrons. The molecule has 2 fully saturated rings. The zero-order valence-electron chi connectivity index (χ0n) is 36.1. The quantitative estimate of drug-likeness (QED) is 0.0449. The van der Waals surface area contributed by atoms with Crippen molar-refractivity contribution in [3.05, 3.63) is 28.8 Å². The van der Waals surface area contributed by atoms with Gasteiger partial charge in [-0.15, -0.1) is 0 Å². The van der Waals surface area contributed by atoms with E-state index in [1.54, 1.807) is 45.9 Å². The number of amides is 6. The van der Waals surface area contributed by atoms with E-state index in [-0.39, 0.29) is 49.6 Å². The van der Waals surface area contributed by atoms with E-state index in [1.807, 2.05) is 0 Å². The van der Waals surface area contributed by atoms with Gasteiger partial charge in [-0.1, -0.05) is 51.8 Å². The third kappa shape index (κ3) is 13.1. The molecule has 1 aromatic rings. The molecule has 22 heteroatoms. The number of nitrogens with zero attached hydrogens (tertiary/aromatic N) is 3. The summed E-state index contributed by atoms with van der Waals surface area (Å²) in [6.45, 7) is 6.96. The number of piperidine rings is 1. The zero-order valence-corrected chi connectivity index (χ0v) is 36.9. The van der Waals surface area contributed by atoms with E-state index in [2.05, 4.69) is 26.3 Å². The maximum Gasteiger partial charge on any atom is 0.329 e. The number of aliphatic hydroxyl groups is 3. The highest BCUT2D eigenvalue weighted by Crippen LogP contribution is 2.29. The van der Waals surface area contributed by atoms with Crippen molar-refractivity contribution in [1.82, 2.24) is 31.1 Å². The Balaban J connectivity index is 2.25. The van der Waals surface area contributed by atoms with E-state index in [9.17, 15) is 48.9 Å². The number of likely N-dealkylation sites (N-methyl/N-ethyl adjacent to an activating group) is 1. The number of hydrogen-bond donors (Lipinski definition) is 9. The number of nitrogens with two attached hydrogens (primary N) is 2. The first-order valence-corrected chi connectivity index (χ1v) is 20.9. The van der Waals surface area contributed by atoms with Gasteiger partial charge in [-0.2, -0.15) is 0 Å². The van der Waals surface area contributed by atoms with Crippen LogP contribution in [0.25, 0.3) is 0 Å². The first-order chi connectivity index (χ1) is 29.2. The Morgan fingerprint density at radius 2 is 1.73 bits per heavy atom. The number of methoxy groups -OCH3 is 1. The van der Waals surface area contributed by atoms with Gasteiger partial charge < -0.3 is 67.3 Å². The number of hydrogen-bond acceptors (Lipinski definition) is 13. The maximum absolute atomic E-state index is 14.8. The van der Waals surface area contributed by atoms with Gasteiger partial charge in [-0.05, 0) is 62.1 Å². The third-order valence-corrected chi connectivity index (χ3v) is 11.3. The lowest BCUT2D eigenvalue weighted by Crippen LogP contribution is -2.66. The molecule has 62 heavy (non-hydrogen) atoms. The van der Waals surface area contributed by atoms with E-state index in [0.717, 1.165) is 9.80 Å². The highest BCUT2D eigenvalue weighted by Gasteiger charge is 2.47. The molecule has 21 nitrogen and oxygen atoms in total. The SMILES string of the molecule is CC[C@H](C)[C@H]1C(=O)N(C)[C@@H](Cc2ccc(OC)c(Cl)c2)C(=O)N[C@@H](C(C)C)C(=O)O[C@H](C)[C@H](NC(=O)[C@H](O)CO)C(=O)N[C@@H](CCCN=C(N)N)C(=O)N[C@H]2CC[C@@H](O)N1C2=O. The molecule has 6 amide bonds. The second kappa shape index (κ2) is 23.3. The van der Waals surface area contributed by atoms with Crippen LogP contribution in [0.5, 0.6) is 5.75 Å². The highest BCUT2D eigenvalue weighted by atomic mass is 35.5. The Bertz CT molecular complexity index is 1810. The normalized spacial score (nSPS) is 26.8. The number of halogens is 1. The molecule has 2 aliphatic heterocycles. The van der Waals surface area contributed by atoms with E-state index in [0.29, 0.717) is 17.7 Å². The number of rotatable bonds is 13. The summed E-state index contributed by atoms with van der Waals surface area (Å²) in [5.74, 6) is -7.66. The topological polar surface area (TPSA) is 318 Å². The molecule has 0 unspecified atom stereocenters. The summed E-state index contributed by atoms with van der Waals surface area (Å²) in [6, 6.07) is -3.86. The summed E-state index contributed by atoms with van der Waals surface area (Å²) in [5, 5.41) is 41.2. The number of guanidine groups is 1. The van der Waals surface area contributed by atoms with E-state index in [4.69, 9.17) is 32.5 Å².